The van der Waals surface area contributed by atoms with Gasteiger partial charge in [0.05, 0.1) is 22.8 Å². The highest BCUT2D eigenvalue weighted by Crippen LogP contribution is 2.16. The number of hydrogen-bond donors (Lipinski definition) is 4. The highest BCUT2D eigenvalue weighted by atomic mass is 32.3. The molecule has 0 radical (unpaired) electrons. The number of nitrogens with zero attached hydrogens (tertiary/aromatic N) is 2. The van der Waals surface area contributed by atoms with Crippen LogP contribution in [0.15, 0.2) is 48.5 Å². The Labute approximate surface area is 209 Å². The Balaban J connectivity index is 0.000000254. The van der Waals surface area contributed by atoms with Crippen LogP contribution in [-0.4, -0.2) is 43.7 Å². The van der Waals surface area contributed by atoms with Gasteiger partial charge in [-0.2, -0.15) is 8.42 Å². The topological polar surface area (TPSA) is 149 Å². The molecule has 0 atom stereocenters. The van der Waals surface area contributed by atoms with E-state index in [9.17, 15) is 4.79 Å². The second-order valence-electron chi connectivity index (χ2n) is 8.02. The van der Waals surface area contributed by atoms with Crippen LogP contribution in [0.25, 0.3) is 46.4 Å². The van der Waals surface area contributed by atoms with Gasteiger partial charge in [-0.15, -0.1) is 0 Å². The van der Waals surface area contributed by atoms with E-state index in [1.165, 1.54) is 12.8 Å². The van der Waals surface area contributed by atoms with Gasteiger partial charge in [0, 0.05) is 28.5 Å². The van der Waals surface area contributed by atoms with E-state index < -0.39 is 10.4 Å². The lowest BCUT2D eigenvalue weighted by molar-refractivity contribution is -0.107. The van der Waals surface area contributed by atoms with Gasteiger partial charge in [-0.05, 0) is 79.3 Å². The number of hydrogen-bond acceptors (Lipinski definition) is 5. The summed E-state index contributed by atoms with van der Waals surface area (Å²) in [6, 6.07) is 16.4. The SMILES string of the molecule is C1=Cc2cc3ccc(cc4nc(cc5ccc(cc1n2)[nH]5)C=C4)[nH]3.CCCCCC=O.O=S(=O)(O)O. The number of rotatable bonds is 4. The first-order valence-electron chi connectivity index (χ1n) is 11.4. The molecule has 0 aliphatic carbocycles. The van der Waals surface area contributed by atoms with Gasteiger partial charge in [0.15, 0.2) is 0 Å². The van der Waals surface area contributed by atoms with E-state index in [0.29, 0.717) is 0 Å². The van der Waals surface area contributed by atoms with Crippen LogP contribution >= 0.6 is 0 Å². The smallest absolute Gasteiger partial charge is 0.355 e. The Morgan fingerprint density at radius 3 is 1.33 bits per heavy atom. The molecular weight excluding hydrogens is 480 g/mol. The lowest BCUT2D eigenvalue weighted by atomic mass is 10.2. The Kier molecular flexibility index (Phi) is 9.46. The molecule has 0 fully saturated rings. The standard InChI is InChI=1S/C20H14N4.C6H12O.H2O4S/c1-2-14-10-16-5-6-18(23-16)12-20-8-7-19(24-20)11-17-4-3-15(22-17)9-13(1)21-14;1-2-3-4-5-6-7;1-5(2,3)4/h1-12,21,24H;6H,2-5H2,1H3;(H2,1,2,3,4). The molecule has 188 valence electrons. The van der Waals surface area contributed by atoms with Gasteiger partial charge in [0.2, 0.25) is 0 Å². The fourth-order valence-corrected chi connectivity index (χ4v) is 3.42. The molecule has 2 aliphatic heterocycles. The van der Waals surface area contributed by atoms with Gasteiger partial charge in [-0.25, -0.2) is 9.97 Å². The van der Waals surface area contributed by atoms with Crippen LogP contribution in [0.5, 0.6) is 0 Å². The van der Waals surface area contributed by atoms with Gasteiger partial charge < -0.3 is 14.8 Å². The van der Waals surface area contributed by atoms with Crippen molar-refractivity contribution >= 4 is 63.1 Å². The van der Waals surface area contributed by atoms with Gasteiger partial charge in [-0.1, -0.05) is 19.8 Å². The van der Waals surface area contributed by atoms with Crippen molar-refractivity contribution in [2.45, 2.75) is 32.6 Å². The second kappa shape index (κ2) is 12.7. The van der Waals surface area contributed by atoms with Crippen LogP contribution in [0.1, 0.15) is 55.4 Å². The molecule has 10 heteroatoms. The number of nitrogens with one attached hydrogen (secondary N) is 2. The Hall–Kier alpha value is -3.86. The molecule has 0 unspecified atom stereocenters. The number of H-pyrrole nitrogens is 2. The Morgan fingerprint density at radius 2 is 1.06 bits per heavy atom. The number of fused-ring (bicyclic) bond motifs is 8. The molecule has 3 aromatic rings. The van der Waals surface area contributed by atoms with Crippen LogP contribution in [0.3, 0.4) is 0 Å². The lowest BCUT2D eigenvalue weighted by Crippen LogP contribution is -1.89. The fraction of sp³-hybridized carbons (Fsp3) is 0.192. The van der Waals surface area contributed by atoms with Crippen molar-refractivity contribution < 1.29 is 22.3 Å². The molecule has 0 saturated carbocycles. The molecule has 0 spiro atoms. The van der Waals surface area contributed by atoms with Crippen LogP contribution in [0.2, 0.25) is 0 Å². The van der Waals surface area contributed by atoms with Gasteiger partial charge in [0.1, 0.15) is 6.29 Å². The zero-order valence-electron chi connectivity index (χ0n) is 19.8. The van der Waals surface area contributed by atoms with Crippen LogP contribution in [0, 0.1) is 0 Å². The number of aldehydes is 1. The molecule has 4 N–H and O–H groups in total. The third-order valence-corrected chi connectivity index (χ3v) is 4.97. The lowest BCUT2D eigenvalue weighted by Gasteiger charge is -1.85. The summed E-state index contributed by atoms with van der Waals surface area (Å²) >= 11 is 0. The number of carbonyl (C=O) groups excluding carboxylic acids is 1. The average molecular weight is 509 g/mol. The van der Waals surface area contributed by atoms with Gasteiger partial charge in [0.25, 0.3) is 0 Å². The van der Waals surface area contributed by atoms with E-state index in [-0.39, 0.29) is 0 Å². The maximum atomic E-state index is 9.68. The molecule has 8 bridgehead atoms. The molecule has 0 amide bonds. The third kappa shape index (κ3) is 9.41. The third-order valence-electron chi connectivity index (χ3n) is 4.97. The van der Waals surface area contributed by atoms with E-state index in [0.717, 1.165) is 64.0 Å². The summed E-state index contributed by atoms with van der Waals surface area (Å²) in [5, 5.41) is 0. The summed E-state index contributed by atoms with van der Waals surface area (Å²) < 4.78 is 31.6. The van der Waals surface area contributed by atoms with Crippen molar-refractivity contribution in [3.8, 4) is 0 Å². The summed E-state index contributed by atoms with van der Waals surface area (Å²) in [4.78, 5) is 25.7. The van der Waals surface area contributed by atoms with Crippen LogP contribution in [0.4, 0.5) is 0 Å². The Morgan fingerprint density at radius 1 is 0.722 bits per heavy atom. The quantitative estimate of drug-likeness (QED) is 0.137. The van der Waals surface area contributed by atoms with E-state index in [1.54, 1.807) is 0 Å². The summed E-state index contributed by atoms with van der Waals surface area (Å²) in [5.74, 6) is 0. The molecule has 5 heterocycles. The van der Waals surface area contributed by atoms with Crippen LogP contribution < -0.4 is 0 Å². The first kappa shape index (κ1) is 26.7. The summed E-state index contributed by atoms with van der Waals surface area (Å²) in [7, 11) is -4.67. The molecule has 3 aromatic heterocycles. The number of carbonyl (C=O) groups is 1. The maximum Gasteiger partial charge on any atom is 0.394 e. The number of unbranched alkanes of at least 4 members (excludes halogenated alkanes) is 3. The minimum atomic E-state index is -4.67. The summed E-state index contributed by atoms with van der Waals surface area (Å²) in [6.07, 6.45) is 13.3. The number of aromatic amines is 2. The Bertz CT molecular complexity index is 1340. The van der Waals surface area contributed by atoms with E-state index >= 15 is 0 Å². The molecule has 0 aromatic carbocycles. The van der Waals surface area contributed by atoms with Crippen molar-refractivity contribution in [3.63, 3.8) is 0 Å². The van der Waals surface area contributed by atoms with E-state index in [1.807, 2.05) is 48.6 Å². The largest absolute Gasteiger partial charge is 0.394 e. The monoisotopic (exact) mass is 508 g/mol. The molecule has 9 nitrogen and oxygen atoms in total. The summed E-state index contributed by atoms with van der Waals surface area (Å²) in [6.45, 7) is 2.13. The van der Waals surface area contributed by atoms with Crippen molar-refractivity contribution in [2.75, 3.05) is 0 Å². The number of aromatic nitrogens is 4. The molecule has 36 heavy (non-hydrogen) atoms. The highest BCUT2D eigenvalue weighted by Gasteiger charge is 2.01. The van der Waals surface area contributed by atoms with Crippen molar-refractivity contribution in [3.05, 3.63) is 71.3 Å². The normalized spacial score (nSPS) is 11.8. The van der Waals surface area contributed by atoms with Crippen molar-refractivity contribution in [1.82, 2.24) is 19.9 Å². The molecular formula is C26H28N4O5S. The van der Waals surface area contributed by atoms with Gasteiger partial charge in [-0.3, -0.25) is 9.11 Å². The first-order valence-corrected chi connectivity index (χ1v) is 12.8. The maximum absolute atomic E-state index is 9.68. The second-order valence-corrected chi connectivity index (χ2v) is 8.91. The minimum absolute atomic E-state index is 0.744. The minimum Gasteiger partial charge on any atom is -0.355 e. The van der Waals surface area contributed by atoms with Crippen LogP contribution in [-0.2, 0) is 15.2 Å². The van der Waals surface area contributed by atoms with Crippen molar-refractivity contribution in [2.24, 2.45) is 0 Å². The first-order chi connectivity index (χ1) is 17.2. The van der Waals surface area contributed by atoms with Crippen molar-refractivity contribution in [1.29, 1.82) is 0 Å². The predicted molar refractivity (Wildman–Crippen MR) is 143 cm³/mol. The highest BCUT2D eigenvalue weighted by molar-refractivity contribution is 7.79. The molecule has 0 saturated heterocycles. The molecule has 2 aliphatic rings. The predicted octanol–water partition coefficient (Wildman–Crippen LogP) is 5.77. The van der Waals surface area contributed by atoms with E-state index in [4.69, 9.17) is 17.5 Å². The van der Waals surface area contributed by atoms with E-state index in [2.05, 4.69) is 51.1 Å². The molecule has 5 rings (SSSR count). The zero-order valence-corrected chi connectivity index (χ0v) is 20.6. The fourth-order valence-electron chi connectivity index (χ4n) is 3.42. The van der Waals surface area contributed by atoms with Gasteiger partial charge >= 0.3 is 10.4 Å². The summed E-state index contributed by atoms with van der Waals surface area (Å²) in [5.41, 5.74) is 7.86. The zero-order chi connectivity index (χ0) is 26.0. The average Bonchev–Trinajstić information content (AvgIpc) is 3.59.